The van der Waals surface area contributed by atoms with Crippen molar-refractivity contribution in [1.82, 2.24) is 5.32 Å². The fourth-order valence-electron chi connectivity index (χ4n) is 3.11. The lowest BCUT2D eigenvalue weighted by Gasteiger charge is -2.14. The standard InChI is InChI=1S/C19H21ClN2O3S/c1-13-5-4-8-16(11-13)22-26(24,25)18-12-14(9-10-17(18)20)19(23)21-15-6-2-3-7-15/h4-5,8-12,15,22H,2-3,6-7H2,1H3,(H,21,23). The lowest BCUT2D eigenvalue weighted by molar-refractivity contribution is 0.0937. The molecule has 1 amide bonds. The first-order valence-electron chi connectivity index (χ1n) is 8.55. The van der Waals surface area contributed by atoms with Crippen molar-refractivity contribution in [3.05, 3.63) is 58.6 Å². The zero-order chi connectivity index (χ0) is 18.7. The minimum absolute atomic E-state index is 0.0718. The normalized spacial score (nSPS) is 15.0. The molecule has 138 valence electrons. The summed E-state index contributed by atoms with van der Waals surface area (Å²) < 4.78 is 28.0. The lowest BCUT2D eigenvalue weighted by atomic mass is 10.2. The quantitative estimate of drug-likeness (QED) is 0.803. The van der Waals surface area contributed by atoms with Crippen molar-refractivity contribution in [2.45, 2.75) is 43.5 Å². The maximum absolute atomic E-state index is 12.7. The van der Waals surface area contributed by atoms with E-state index in [4.69, 9.17) is 11.6 Å². The van der Waals surface area contributed by atoms with Crippen LogP contribution >= 0.6 is 11.6 Å². The molecule has 1 aliphatic rings. The molecule has 7 heteroatoms. The van der Waals surface area contributed by atoms with Crippen molar-refractivity contribution >= 4 is 33.2 Å². The first kappa shape index (κ1) is 18.7. The Morgan fingerprint density at radius 2 is 1.85 bits per heavy atom. The molecule has 0 saturated heterocycles. The minimum Gasteiger partial charge on any atom is -0.349 e. The molecule has 2 N–H and O–H groups in total. The summed E-state index contributed by atoms with van der Waals surface area (Å²) in [6, 6.07) is 11.5. The highest BCUT2D eigenvalue weighted by Gasteiger charge is 2.22. The number of rotatable bonds is 5. The molecule has 0 atom stereocenters. The van der Waals surface area contributed by atoms with Gasteiger partial charge in [-0.3, -0.25) is 9.52 Å². The maximum Gasteiger partial charge on any atom is 0.263 e. The number of hydrogen-bond donors (Lipinski definition) is 2. The zero-order valence-electron chi connectivity index (χ0n) is 14.5. The Kier molecular flexibility index (Phi) is 5.53. The van der Waals surface area contributed by atoms with Gasteiger partial charge in [0.05, 0.1) is 5.02 Å². The number of amides is 1. The van der Waals surface area contributed by atoms with Crippen molar-refractivity contribution < 1.29 is 13.2 Å². The molecule has 0 spiro atoms. The molecule has 0 aromatic heterocycles. The predicted octanol–water partition coefficient (Wildman–Crippen LogP) is 4.12. The molecule has 5 nitrogen and oxygen atoms in total. The molecule has 0 radical (unpaired) electrons. The first-order valence-corrected chi connectivity index (χ1v) is 10.4. The molecule has 1 saturated carbocycles. The Labute approximate surface area is 158 Å². The topological polar surface area (TPSA) is 75.3 Å². The fourth-order valence-corrected chi connectivity index (χ4v) is 4.68. The molecule has 0 heterocycles. The molecule has 1 aliphatic carbocycles. The van der Waals surface area contributed by atoms with Crippen LogP contribution in [0.5, 0.6) is 0 Å². The van der Waals surface area contributed by atoms with Gasteiger partial charge in [-0.1, -0.05) is 36.6 Å². The minimum atomic E-state index is -3.91. The molecule has 0 bridgehead atoms. The van der Waals surface area contributed by atoms with Crippen LogP contribution in [0.1, 0.15) is 41.6 Å². The third kappa shape index (κ3) is 4.37. The van der Waals surface area contributed by atoms with Crippen LogP contribution in [-0.2, 0) is 10.0 Å². The second-order valence-electron chi connectivity index (χ2n) is 6.58. The number of carbonyl (C=O) groups excluding carboxylic acids is 1. The Bertz CT molecular complexity index is 922. The van der Waals surface area contributed by atoms with Crippen LogP contribution in [0, 0.1) is 6.92 Å². The average Bonchev–Trinajstić information content (AvgIpc) is 3.07. The molecule has 3 rings (SSSR count). The third-order valence-electron chi connectivity index (χ3n) is 4.44. The summed E-state index contributed by atoms with van der Waals surface area (Å²) in [5, 5.41) is 3.03. The van der Waals surface area contributed by atoms with Crippen molar-refractivity contribution in [3.8, 4) is 0 Å². The Hall–Kier alpha value is -2.05. The number of aryl methyl sites for hydroxylation is 1. The van der Waals surface area contributed by atoms with E-state index in [9.17, 15) is 13.2 Å². The largest absolute Gasteiger partial charge is 0.349 e. The van der Waals surface area contributed by atoms with Gasteiger partial charge in [-0.15, -0.1) is 0 Å². The van der Waals surface area contributed by atoms with E-state index < -0.39 is 10.0 Å². The zero-order valence-corrected chi connectivity index (χ0v) is 16.0. The number of anilines is 1. The van der Waals surface area contributed by atoms with Crippen molar-refractivity contribution in [2.24, 2.45) is 0 Å². The molecule has 2 aromatic carbocycles. The number of sulfonamides is 1. The van der Waals surface area contributed by atoms with E-state index in [0.717, 1.165) is 31.2 Å². The van der Waals surface area contributed by atoms with Crippen molar-refractivity contribution in [1.29, 1.82) is 0 Å². The number of nitrogens with one attached hydrogen (secondary N) is 2. The summed E-state index contributed by atoms with van der Waals surface area (Å²) in [4.78, 5) is 12.3. The van der Waals surface area contributed by atoms with Crippen LogP contribution in [0.25, 0.3) is 0 Å². The summed E-state index contributed by atoms with van der Waals surface area (Å²) in [5.74, 6) is -0.277. The summed E-state index contributed by atoms with van der Waals surface area (Å²) in [5.41, 5.74) is 1.66. The smallest absolute Gasteiger partial charge is 0.263 e. The predicted molar refractivity (Wildman–Crippen MR) is 103 cm³/mol. The number of benzene rings is 2. The Balaban J connectivity index is 1.85. The summed E-state index contributed by atoms with van der Waals surface area (Å²) in [7, 11) is -3.91. The van der Waals surface area contributed by atoms with Crippen molar-refractivity contribution in [2.75, 3.05) is 4.72 Å². The van der Waals surface area contributed by atoms with Crippen LogP contribution in [-0.4, -0.2) is 20.4 Å². The summed E-state index contributed by atoms with van der Waals surface area (Å²) in [6.07, 6.45) is 4.12. The van der Waals surface area contributed by atoms with Crippen LogP contribution in [0.15, 0.2) is 47.4 Å². The highest BCUT2D eigenvalue weighted by atomic mass is 35.5. The van der Waals surface area contributed by atoms with Gasteiger partial charge in [0.25, 0.3) is 15.9 Å². The van der Waals surface area contributed by atoms with Gasteiger partial charge in [-0.05, 0) is 55.7 Å². The van der Waals surface area contributed by atoms with E-state index >= 15 is 0 Å². The molecule has 0 aliphatic heterocycles. The van der Waals surface area contributed by atoms with Gasteiger partial charge < -0.3 is 5.32 Å². The second-order valence-corrected chi connectivity index (χ2v) is 8.63. The highest BCUT2D eigenvalue weighted by Crippen LogP contribution is 2.26. The van der Waals surface area contributed by atoms with E-state index in [1.165, 1.54) is 18.2 Å². The lowest BCUT2D eigenvalue weighted by Crippen LogP contribution is -2.32. The fraction of sp³-hybridized carbons (Fsp3) is 0.316. The Morgan fingerprint density at radius 1 is 1.12 bits per heavy atom. The van der Waals surface area contributed by atoms with Crippen LogP contribution in [0.3, 0.4) is 0 Å². The summed E-state index contributed by atoms with van der Waals surface area (Å²) >= 11 is 6.10. The van der Waals surface area contributed by atoms with E-state index in [0.29, 0.717) is 5.69 Å². The highest BCUT2D eigenvalue weighted by molar-refractivity contribution is 7.92. The van der Waals surface area contributed by atoms with Gasteiger partial charge in [-0.2, -0.15) is 0 Å². The van der Waals surface area contributed by atoms with E-state index in [1.54, 1.807) is 18.2 Å². The first-order chi connectivity index (χ1) is 12.3. The van der Waals surface area contributed by atoms with Crippen LogP contribution < -0.4 is 10.0 Å². The molecular weight excluding hydrogens is 372 g/mol. The SMILES string of the molecule is Cc1cccc(NS(=O)(=O)c2cc(C(=O)NC3CCCC3)ccc2Cl)c1. The van der Waals surface area contributed by atoms with Gasteiger partial charge in [-0.25, -0.2) is 8.42 Å². The van der Waals surface area contributed by atoms with Gasteiger partial charge in [0.2, 0.25) is 0 Å². The van der Waals surface area contributed by atoms with Gasteiger partial charge in [0.15, 0.2) is 0 Å². The molecule has 1 fully saturated rings. The van der Waals surface area contributed by atoms with Gasteiger partial charge in [0.1, 0.15) is 4.90 Å². The molecule has 0 unspecified atom stereocenters. The third-order valence-corrected chi connectivity index (χ3v) is 6.31. The van der Waals surface area contributed by atoms with Gasteiger partial charge in [0, 0.05) is 17.3 Å². The average molecular weight is 393 g/mol. The second kappa shape index (κ2) is 7.68. The number of carbonyl (C=O) groups is 1. The monoisotopic (exact) mass is 392 g/mol. The van der Waals surface area contributed by atoms with Crippen LogP contribution in [0.4, 0.5) is 5.69 Å². The Morgan fingerprint density at radius 3 is 2.54 bits per heavy atom. The maximum atomic E-state index is 12.7. The van der Waals surface area contributed by atoms with Crippen molar-refractivity contribution in [3.63, 3.8) is 0 Å². The van der Waals surface area contributed by atoms with E-state index in [2.05, 4.69) is 10.0 Å². The number of hydrogen-bond acceptors (Lipinski definition) is 3. The van der Waals surface area contributed by atoms with E-state index in [-0.39, 0.29) is 27.4 Å². The molecule has 26 heavy (non-hydrogen) atoms. The molecule has 2 aromatic rings. The van der Waals surface area contributed by atoms with Crippen LogP contribution in [0.2, 0.25) is 5.02 Å². The summed E-state index contributed by atoms with van der Waals surface area (Å²) in [6.45, 7) is 1.87. The molecular formula is C19H21ClN2O3S. The number of halogens is 1. The van der Waals surface area contributed by atoms with Gasteiger partial charge >= 0.3 is 0 Å². The van der Waals surface area contributed by atoms with E-state index in [1.807, 2.05) is 13.0 Å².